The molecule has 5 aromatic rings. The maximum Gasteiger partial charge on any atom is 0.433 e. The molecule has 1 N–H and O–H groups in total. The number of alkyl halides is 3. The highest BCUT2D eigenvalue weighted by Crippen LogP contribution is 2.35. The van der Waals surface area contributed by atoms with Gasteiger partial charge in [-0.05, 0) is 42.1 Å². The van der Waals surface area contributed by atoms with Crippen molar-refractivity contribution in [2.75, 3.05) is 5.32 Å². The summed E-state index contributed by atoms with van der Waals surface area (Å²) in [5.74, 6) is -1.24. The van der Waals surface area contributed by atoms with Crippen LogP contribution in [0, 0.1) is 12.7 Å². The van der Waals surface area contributed by atoms with Crippen LogP contribution < -0.4 is 5.32 Å². The third kappa shape index (κ3) is 4.91. The largest absolute Gasteiger partial charge is 0.433 e. The summed E-state index contributed by atoms with van der Waals surface area (Å²) in [5.41, 5.74) is -0.591. The average Bonchev–Trinajstić information content (AvgIpc) is 3.55. The Morgan fingerprint density at radius 1 is 1.14 bits per heavy atom. The summed E-state index contributed by atoms with van der Waals surface area (Å²) in [5, 5.41) is 12.2. The fourth-order valence-corrected chi connectivity index (χ4v) is 4.77. The van der Waals surface area contributed by atoms with Crippen LogP contribution >= 0.6 is 34.5 Å². The first-order valence-corrected chi connectivity index (χ1v) is 12.1. The third-order valence-corrected chi connectivity index (χ3v) is 6.96. The van der Waals surface area contributed by atoms with E-state index in [1.165, 1.54) is 34.2 Å². The quantitative estimate of drug-likeness (QED) is 0.238. The SMILES string of the molecule is Cc1cc(NC(=O)c2nn3c(C(F)(F)F)cc(-c4cccs4)nc3c2Cl)nn1Cc1ccc(F)cc1Cl. The number of hydrogen-bond acceptors (Lipinski definition) is 5. The first kappa shape index (κ1) is 25.2. The molecule has 0 spiro atoms. The summed E-state index contributed by atoms with van der Waals surface area (Å²) < 4.78 is 56.9. The minimum absolute atomic E-state index is 0.0532. The van der Waals surface area contributed by atoms with Crippen molar-refractivity contribution in [2.45, 2.75) is 19.6 Å². The van der Waals surface area contributed by atoms with E-state index in [1.807, 2.05) is 0 Å². The third-order valence-electron chi connectivity index (χ3n) is 5.37. The van der Waals surface area contributed by atoms with Crippen LogP contribution in [-0.2, 0) is 12.7 Å². The van der Waals surface area contributed by atoms with Crippen molar-refractivity contribution in [1.82, 2.24) is 24.4 Å². The van der Waals surface area contributed by atoms with Gasteiger partial charge in [-0.25, -0.2) is 13.9 Å². The highest BCUT2D eigenvalue weighted by molar-refractivity contribution is 7.13. The van der Waals surface area contributed by atoms with E-state index in [-0.39, 0.29) is 33.7 Å². The molecule has 1 amide bonds. The van der Waals surface area contributed by atoms with Crippen LogP contribution in [-0.4, -0.2) is 30.3 Å². The topological polar surface area (TPSA) is 77.1 Å². The number of benzene rings is 1. The summed E-state index contributed by atoms with van der Waals surface area (Å²) in [6, 6.07) is 9.67. The lowest BCUT2D eigenvalue weighted by atomic mass is 10.2. The van der Waals surface area contributed by atoms with Crippen LogP contribution in [0.25, 0.3) is 16.2 Å². The number of aromatic nitrogens is 5. The maximum atomic E-state index is 13.8. The van der Waals surface area contributed by atoms with Crippen molar-refractivity contribution in [1.29, 1.82) is 0 Å². The van der Waals surface area contributed by atoms with E-state index < -0.39 is 29.3 Å². The van der Waals surface area contributed by atoms with Crippen molar-refractivity contribution >= 4 is 51.9 Å². The molecule has 190 valence electrons. The fourth-order valence-electron chi connectivity index (χ4n) is 3.61. The molecule has 0 saturated heterocycles. The molecule has 7 nitrogen and oxygen atoms in total. The zero-order chi connectivity index (χ0) is 26.5. The molecule has 0 saturated carbocycles. The Hall–Kier alpha value is -3.48. The van der Waals surface area contributed by atoms with Gasteiger partial charge in [-0.2, -0.15) is 23.4 Å². The summed E-state index contributed by atoms with van der Waals surface area (Å²) in [4.78, 5) is 17.7. The van der Waals surface area contributed by atoms with Gasteiger partial charge in [0.15, 0.2) is 22.9 Å². The first-order valence-electron chi connectivity index (χ1n) is 10.5. The molecule has 4 aromatic heterocycles. The maximum absolute atomic E-state index is 13.8. The van der Waals surface area contributed by atoms with Crippen LogP contribution in [0.5, 0.6) is 0 Å². The Bertz CT molecular complexity index is 1650. The van der Waals surface area contributed by atoms with Gasteiger partial charge >= 0.3 is 6.18 Å². The molecule has 0 unspecified atom stereocenters. The first-order chi connectivity index (χ1) is 17.5. The summed E-state index contributed by atoms with van der Waals surface area (Å²) in [6.45, 7) is 1.92. The van der Waals surface area contributed by atoms with Gasteiger partial charge in [-0.3, -0.25) is 9.48 Å². The zero-order valence-electron chi connectivity index (χ0n) is 18.6. The second-order valence-corrected chi connectivity index (χ2v) is 9.65. The Morgan fingerprint density at radius 3 is 2.59 bits per heavy atom. The minimum atomic E-state index is -4.78. The Labute approximate surface area is 220 Å². The van der Waals surface area contributed by atoms with E-state index in [9.17, 15) is 22.4 Å². The number of amides is 1. The molecule has 0 bridgehead atoms. The van der Waals surface area contributed by atoms with Crippen LogP contribution in [0.2, 0.25) is 10.0 Å². The predicted molar refractivity (Wildman–Crippen MR) is 132 cm³/mol. The predicted octanol–water partition coefficient (Wildman–Crippen LogP) is 6.73. The van der Waals surface area contributed by atoms with E-state index in [2.05, 4.69) is 20.5 Å². The molecular formula is C23H14Cl2F4N6OS. The Balaban J connectivity index is 1.47. The van der Waals surface area contributed by atoms with E-state index in [1.54, 1.807) is 30.5 Å². The van der Waals surface area contributed by atoms with E-state index in [0.29, 0.717) is 20.6 Å². The number of anilines is 1. The monoisotopic (exact) mass is 568 g/mol. The van der Waals surface area contributed by atoms with Gasteiger partial charge in [-0.15, -0.1) is 11.3 Å². The number of nitrogens with zero attached hydrogens (tertiary/aromatic N) is 5. The van der Waals surface area contributed by atoms with E-state index in [4.69, 9.17) is 23.2 Å². The van der Waals surface area contributed by atoms with Gasteiger partial charge < -0.3 is 5.32 Å². The van der Waals surface area contributed by atoms with Crippen LogP contribution in [0.4, 0.5) is 23.4 Å². The van der Waals surface area contributed by atoms with Crippen molar-refractivity contribution in [2.24, 2.45) is 0 Å². The van der Waals surface area contributed by atoms with Crippen molar-refractivity contribution in [3.05, 3.63) is 86.4 Å². The van der Waals surface area contributed by atoms with Gasteiger partial charge in [0.25, 0.3) is 5.91 Å². The van der Waals surface area contributed by atoms with Crippen molar-refractivity contribution in [3.8, 4) is 10.6 Å². The molecule has 0 fully saturated rings. The summed E-state index contributed by atoms with van der Waals surface area (Å²) >= 11 is 13.6. The zero-order valence-corrected chi connectivity index (χ0v) is 21.0. The molecular weight excluding hydrogens is 555 g/mol. The molecule has 1 aromatic carbocycles. The number of aryl methyl sites for hydroxylation is 1. The van der Waals surface area contributed by atoms with Crippen molar-refractivity contribution in [3.63, 3.8) is 0 Å². The van der Waals surface area contributed by atoms with Gasteiger partial charge in [0.1, 0.15) is 10.8 Å². The highest BCUT2D eigenvalue weighted by atomic mass is 35.5. The number of rotatable bonds is 5. The smallest absolute Gasteiger partial charge is 0.304 e. The molecule has 4 heterocycles. The molecule has 0 atom stereocenters. The number of carbonyl (C=O) groups is 1. The molecule has 5 rings (SSSR count). The van der Waals surface area contributed by atoms with Crippen molar-refractivity contribution < 1.29 is 22.4 Å². The minimum Gasteiger partial charge on any atom is -0.304 e. The van der Waals surface area contributed by atoms with Gasteiger partial charge in [0.05, 0.1) is 17.1 Å². The Morgan fingerprint density at radius 2 is 1.92 bits per heavy atom. The van der Waals surface area contributed by atoms with Gasteiger partial charge in [-0.1, -0.05) is 35.3 Å². The molecule has 0 radical (unpaired) electrons. The lowest BCUT2D eigenvalue weighted by Gasteiger charge is -2.10. The fraction of sp³-hybridized carbons (Fsp3) is 0.130. The molecule has 14 heteroatoms. The molecule has 0 aliphatic heterocycles. The van der Waals surface area contributed by atoms with Gasteiger partial charge in [0.2, 0.25) is 0 Å². The molecule has 37 heavy (non-hydrogen) atoms. The van der Waals surface area contributed by atoms with Gasteiger partial charge in [0, 0.05) is 16.8 Å². The number of nitrogens with one attached hydrogen (secondary N) is 1. The standard InChI is InChI=1S/C23H14Cl2F4N6OS/c1-11-7-18(32-34(11)10-12-4-5-13(26)8-14(12)24)31-22(36)20-19(25)21-30-15(16-3-2-6-37-16)9-17(23(27,28)29)35(21)33-20/h2-9H,10H2,1H3,(H,31,32,36). The lowest BCUT2D eigenvalue weighted by molar-refractivity contribution is -0.142. The number of hydrogen-bond donors (Lipinski definition) is 1. The Kier molecular flexibility index (Phi) is 6.42. The summed E-state index contributed by atoms with van der Waals surface area (Å²) in [6.07, 6.45) is -4.78. The highest BCUT2D eigenvalue weighted by Gasteiger charge is 2.37. The number of carbonyl (C=O) groups excluding carboxylic acids is 1. The van der Waals surface area contributed by atoms with Crippen LogP contribution in [0.15, 0.2) is 47.8 Å². The molecule has 0 aliphatic rings. The second kappa shape index (κ2) is 9.43. The number of halogens is 6. The molecule has 0 aliphatic carbocycles. The van der Waals surface area contributed by atoms with Crippen LogP contribution in [0.3, 0.4) is 0 Å². The second-order valence-electron chi connectivity index (χ2n) is 7.92. The number of thiophene rings is 1. The van der Waals surface area contributed by atoms with Crippen LogP contribution in [0.1, 0.15) is 27.4 Å². The lowest BCUT2D eigenvalue weighted by Crippen LogP contribution is -2.16. The number of fused-ring (bicyclic) bond motifs is 1. The normalized spacial score (nSPS) is 11.9. The average molecular weight is 569 g/mol. The summed E-state index contributed by atoms with van der Waals surface area (Å²) in [7, 11) is 0. The van der Waals surface area contributed by atoms with E-state index >= 15 is 0 Å². The van der Waals surface area contributed by atoms with E-state index in [0.717, 1.165) is 6.07 Å².